The summed E-state index contributed by atoms with van der Waals surface area (Å²) < 4.78 is 11.1. The number of benzene rings is 2. The fourth-order valence-electron chi connectivity index (χ4n) is 2.31. The predicted octanol–water partition coefficient (Wildman–Crippen LogP) is 5.31. The molecule has 1 aromatic heterocycles. The average Bonchev–Trinajstić information content (AvgIpc) is 2.94. The van der Waals surface area contributed by atoms with Crippen molar-refractivity contribution in [3.63, 3.8) is 0 Å². The van der Waals surface area contributed by atoms with E-state index in [0.717, 1.165) is 33.7 Å². The quantitative estimate of drug-likeness (QED) is 0.709. The second-order valence-corrected chi connectivity index (χ2v) is 5.31. The van der Waals surface area contributed by atoms with Gasteiger partial charge in [0.2, 0.25) is 0 Å². The molecule has 0 unspecified atom stereocenters. The number of furan rings is 1. The van der Waals surface area contributed by atoms with E-state index < -0.39 is 0 Å². The Morgan fingerprint density at radius 1 is 1.09 bits per heavy atom. The molecule has 22 heavy (non-hydrogen) atoms. The van der Waals surface area contributed by atoms with Crippen molar-refractivity contribution in [3.8, 4) is 5.75 Å². The van der Waals surface area contributed by atoms with E-state index in [-0.39, 0.29) is 0 Å². The molecule has 0 aliphatic rings. The van der Waals surface area contributed by atoms with Gasteiger partial charge in [0.25, 0.3) is 0 Å². The summed E-state index contributed by atoms with van der Waals surface area (Å²) in [5.74, 6) is 1.59. The van der Waals surface area contributed by atoms with Crippen molar-refractivity contribution in [2.75, 3.05) is 19.5 Å². The van der Waals surface area contributed by atoms with E-state index >= 15 is 0 Å². The van der Waals surface area contributed by atoms with Crippen LogP contribution < -0.4 is 10.1 Å². The number of hydrogen-bond donors (Lipinski definition) is 1. The Hall–Kier alpha value is -2.39. The van der Waals surface area contributed by atoms with Crippen LogP contribution in [0, 0.1) is 0 Å². The van der Waals surface area contributed by atoms with E-state index in [1.165, 1.54) is 0 Å². The zero-order valence-corrected chi connectivity index (χ0v) is 13.1. The highest BCUT2D eigenvalue weighted by molar-refractivity contribution is 6.31. The molecule has 3 rings (SSSR count). The van der Waals surface area contributed by atoms with E-state index in [9.17, 15) is 0 Å². The number of halogens is 1. The van der Waals surface area contributed by atoms with Gasteiger partial charge < -0.3 is 14.5 Å². The lowest BCUT2D eigenvalue weighted by molar-refractivity contribution is 0.416. The number of fused-ring (bicyclic) bond motifs is 1. The summed E-state index contributed by atoms with van der Waals surface area (Å²) in [5, 5.41) is 4.79. The maximum absolute atomic E-state index is 5.98. The van der Waals surface area contributed by atoms with Crippen LogP contribution in [0.15, 0.2) is 46.9 Å². The van der Waals surface area contributed by atoms with Crippen molar-refractivity contribution >= 4 is 40.4 Å². The highest BCUT2D eigenvalue weighted by Crippen LogP contribution is 2.27. The number of anilines is 1. The van der Waals surface area contributed by atoms with Gasteiger partial charge in [0.05, 0.1) is 12.8 Å². The molecule has 0 bridgehead atoms. The number of ether oxygens (including phenoxy) is 1. The molecule has 0 amide bonds. The molecule has 0 fully saturated rings. The first kappa shape index (κ1) is 14.5. The molecule has 1 N–H and O–H groups in total. The van der Waals surface area contributed by atoms with Gasteiger partial charge in [-0.05, 0) is 48.0 Å². The average molecular weight is 314 g/mol. The summed E-state index contributed by atoms with van der Waals surface area (Å²) in [5.41, 5.74) is 2.82. The maximum Gasteiger partial charge on any atom is 0.142 e. The molecule has 0 saturated carbocycles. The molecule has 0 saturated heterocycles. The van der Waals surface area contributed by atoms with Crippen LogP contribution in [0.1, 0.15) is 11.3 Å². The predicted molar refractivity (Wildman–Crippen MR) is 92.7 cm³/mol. The summed E-state index contributed by atoms with van der Waals surface area (Å²) in [6, 6.07) is 13.5. The van der Waals surface area contributed by atoms with Gasteiger partial charge in [0, 0.05) is 17.5 Å². The second kappa shape index (κ2) is 6.16. The Bertz CT molecular complexity index is 836. The minimum Gasteiger partial charge on any atom is -0.495 e. The van der Waals surface area contributed by atoms with Gasteiger partial charge in [-0.2, -0.15) is 0 Å². The van der Waals surface area contributed by atoms with Gasteiger partial charge in [-0.25, -0.2) is 0 Å². The second-order valence-electron chi connectivity index (χ2n) is 4.87. The Kier molecular flexibility index (Phi) is 4.07. The number of rotatable bonds is 4. The van der Waals surface area contributed by atoms with Crippen molar-refractivity contribution < 1.29 is 9.15 Å². The fraction of sp³-hybridized carbons (Fsp3) is 0.111. The summed E-state index contributed by atoms with van der Waals surface area (Å²) in [6.45, 7) is 0. The van der Waals surface area contributed by atoms with Crippen LogP contribution in [0.2, 0.25) is 5.02 Å². The van der Waals surface area contributed by atoms with Gasteiger partial charge in [-0.3, -0.25) is 0 Å². The molecule has 4 heteroatoms. The molecule has 1 heterocycles. The van der Waals surface area contributed by atoms with Crippen molar-refractivity contribution in [3.05, 3.63) is 58.8 Å². The molecular weight excluding hydrogens is 298 g/mol. The van der Waals surface area contributed by atoms with Crippen LogP contribution in [-0.4, -0.2) is 14.2 Å². The van der Waals surface area contributed by atoms with Crippen molar-refractivity contribution in [2.45, 2.75) is 0 Å². The monoisotopic (exact) mass is 313 g/mol. The Morgan fingerprint density at radius 2 is 1.95 bits per heavy atom. The molecule has 0 radical (unpaired) electrons. The summed E-state index contributed by atoms with van der Waals surface area (Å²) in [6.07, 6.45) is 3.92. The minimum atomic E-state index is 0.705. The Morgan fingerprint density at radius 3 is 2.73 bits per heavy atom. The van der Waals surface area contributed by atoms with Gasteiger partial charge in [-0.15, -0.1) is 0 Å². The van der Waals surface area contributed by atoms with Crippen LogP contribution >= 0.6 is 11.6 Å². The molecule has 3 aromatic rings. The Balaban J connectivity index is 1.89. The van der Waals surface area contributed by atoms with E-state index in [4.69, 9.17) is 20.8 Å². The van der Waals surface area contributed by atoms with E-state index in [1.54, 1.807) is 7.11 Å². The topological polar surface area (TPSA) is 34.4 Å². The van der Waals surface area contributed by atoms with Crippen LogP contribution in [0.5, 0.6) is 5.75 Å². The third-order valence-electron chi connectivity index (χ3n) is 3.43. The lowest BCUT2D eigenvalue weighted by Crippen LogP contribution is -1.93. The summed E-state index contributed by atoms with van der Waals surface area (Å²) in [7, 11) is 3.53. The van der Waals surface area contributed by atoms with Gasteiger partial charge in [0.15, 0.2) is 0 Å². The molecule has 0 atom stereocenters. The first-order chi connectivity index (χ1) is 10.7. The zero-order chi connectivity index (χ0) is 15.5. The smallest absolute Gasteiger partial charge is 0.142 e. The van der Waals surface area contributed by atoms with Gasteiger partial charge >= 0.3 is 0 Å². The van der Waals surface area contributed by atoms with E-state index in [0.29, 0.717) is 5.02 Å². The van der Waals surface area contributed by atoms with Crippen molar-refractivity contribution in [1.82, 2.24) is 0 Å². The molecule has 112 valence electrons. The molecule has 0 aliphatic heterocycles. The van der Waals surface area contributed by atoms with Crippen molar-refractivity contribution in [1.29, 1.82) is 0 Å². The maximum atomic E-state index is 5.98. The third kappa shape index (κ3) is 2.95. The summed E-state index contributed by atoms with van der Waals surface area (Å²) >= 11 is 5.98. The van der Waals surface area contributed by atoms with Crippen LogP contribution in [0.4, 0.5) is 5.69 Å². The van der Waals surface area contributed by atoms with E-state index in [2.05, 4.69) is 5.32 Å². The molecule has 0 spiro atoms. The zero-order valence-electron chi connectivity index (χ0n) is 12.4. The molecular formula is C18H16ClNO2. The third-order valence-corrected chi connectivity index (χ3v) is 3.67. The lowest BCUT2D eigenvalue weighted by Gasteiger charge is -2.08. The van der Waals surface area contributed by atoms with Crippen molar-refractivity contribution in [2.24, 2.45) is 0 Å². The van der Waals surface area contributed by atoms with Gasteiger partial charge in [-0.1, -0.05) is 23.7 Å². The number of methoxy groups -OCH3 is 1. The molecule has 0 aliphatic carbocycles. The SMILES string of the molecule is CNc1ccc(C=Cc2cc3cc(Cl)ccc3o2)cc1OC. The van der Waals surface area contributed by atoms with Gasteiger partial charge in [0.1, 0.15) is 17.1 Å². The highest BCUT2D eigenvalue weighted by atomic mass is 35.5. The summed E-state index contributed by atoms with van der Waals surface area (Å²) in [4.78, 5) is 0. The minimum absolute atomic E-state index is 0.705. The van der Waals surface area contributed by atoms with E-state index in [1.807, 2.05) is 61.7 Å². The Labute approximate surface area is 134 Å². The van der Waals surface area contributed by atoms with Crippen LogP contribution in [0.3, 0.4) is 0 Å². The highest BCUT2D eigenvalue weighted by Gasteiger charge is 2.03. The largest absolute Gasteiger partial charge is 0.495 e. The normalized spacial score (nSPS) is 11.2. The van der Waals surface area contributed by atoms with Crippen LogP contribution in [0.25, 0.3) is 23.1 Å². The first-order valence-electron chi connectivity index (χ1n) is 6.92. The van der Waals surface area contributed by atoms with Crippen LogP contribution in [-0.2, 0) is 0 Å². The standard InChI is InChI=1S/C18H16ClNO2/c1-20-16-7-4-12(9-18(16)21-2)3-6-15-11-13-10-14(19)5-8-17(13)22-15/h3-11,20H,1-2H3. The first-order valence-corrected chi connectivity index (χ1v) is 7.30. The number of hydrogen-bond acceptors (Lipinski definition) is 3. The molecule has 3 nitrogen and oxygen atoms in total. The fourth-order valence-corrected chi connectivity index (χ4v) is 2.49. The number of nitrogens with one attached hydrogen (secondary N) is 1. The lowest BCUT2D eigenvalue weighted by atomic mass is 10.1. The molecule has 2 aromatic carbocycles.